The third kappa shape index (κ3) is 4.81. The van der Waals surface area contributed by atoms with Crippen LogP contribution in [-0.4, -0.2) is 31.7 Å². The van der Waals surface area contributed by atoms with E-state index in [1.165, 1.54) is 6.07 Å². The van der Waals surface area contributed by atoms with Crippen molar-refractivity contribution in [2.24, 2.45) is 0 Å². The van der Waals surface area contributed by atoms with Crippen molar-refractivity contribution in [1.82, 2.24) is 9.62 Å². The largest absolute Gasteiger partial charge is 0.348 e. The molecule has 6 heteroatoms. The fourth-order valence-corrected chi connectivity index (χ4v) is 5.61. The van der Waals surface area contributed by atoms with E-state index < -0.39 is 10.0 Å². The van der Waals surface area contributed by atoms with Crippen molar-refractivity contribution in [2.75, 3.05) is 13.1 Å². The molecule has 0 saturated carbocycles. The number of amides is 1. The third-order valence-electron chi connectivity index (χ3n) is 5.92. The van der Waals surface area contributed by atoms with Gasteiger partial charge in [0, 0.05) is 25.2 Å². The van der Waals surface area contributed by atoms with E-state index in [2.05, 4.69) is 17.4 Å². The molecule has 1 aliphatic heterocycles. The Bertz CT molecular complexity index is 1200. The van der Waals surface area contributed by atoms with Gasteiger partial charge in [0.25, 0.3) is 5.91 Å². The van der Waals surface area contributed by atoms with Crippen LogP contribution in [0.1, 0.15) is 47.2 Å². The number of aryl methyl sites for hydroxylation is 1. The van der Waals surface area contributed by atoms with Crippen molar-refractivity contribution in [2.45, 2.75) is 44.0 Å². The summed E-state index contributed by atoms with van der Waals surface area (Å²) in [7, 11) is -3.60. The minimum Gasteiger partial charge on any atom is -0.348 e. The van der Waals surface area contributed by atoms with Gasteiger partial charge in [0.05, 0.1) is 4.90 Å². The number of carbonyl (C=O) groups is 1. The van der Waals surface area contributed by atoms with Gasteiger partial charge in [-0.3, -0.25) is 4.79 Å². The van der Waals surface area contributed by atoms with Crippen LogP contribution in [0.2, 0.25) is 0 Å². The highest BCUT2D eigenvalue weighted by molar-refractivity contribution is 7.89. The van der Waals surface area contributed by atoms with E-state index in [0.717, 1.165) is 47.6 Å². The molecule has 0 aliphatic carbocycles. The van der Waals surface area contributed by atoms with Gasteiger partial charge in [0.2, 0.25) is 10.0 Å². The fourth-order valence-electron chi connectivity index (χ4n) is 4.06. The molecule has 31 heavy (non-hydrogen) atoms. The molecule has 3 aromatic carbocycles. The lowest BCUT2D eigenvalue weighted by molar-refractivity contribution is 0.0950. The van der Waals surface area contributed by atoms with E-state index in [9.17, 15) is 13.2 Å². The summed E-state index contributed by atoms with van der Waals surface area (Å²) in [5.74, 6) is -0.265. The molecular formula is C25H28N2O3S. The van der Waals surface area contributed by atoms with E-state index in [1.807, 2.05) is 37.3 Å². The van der Waals surface area contributed by atoms with Crippen LogP contribution in [-0.2, 0) is 16.6 Å². The van der Waals surface area contributed by atoms with Crippen LogP contribution >= 0.6 is 0 Å². The zero-order valence-electron chi connectivity index (χ0n) is 17.8. The first kappa shape index (κ1) is 21.5. The maximum Gasteiger partial charge on any atom is 0.251 e. The lowest BCUT2D eigenvalue weighted by atomic mass is 10.1. The Morgan fingerprint density at radius 2 is 1.61 bits per heavy atom. The van der Waals surface area contributed by atoms with Crippen LogP contribution in [0.15, 0.2) is 65.6 Å². The van der Waals surface area contributed by atoms with Crippen LogP contribution < -0.4 is 5.32 Å². The first-order valence-electron chi connectivity index (χ1n) is 10.8. The average molecular weight is 437 g/mol. The minimum absolute atomic E-state index is 0.191. The quantitative estimate of drug-likeness (QED) is 0.633. The average Bonchev–Trinajstić information content (AvgIpc) is 3.08. The molecule has 162 valence electrons. The van der Waals surface area contributed by atoms with Crippen molar-refractivity contribution < 1.29 is 13.2 Å². The van der Waals surface area contributed by atoms with Gasteiger partial charge < -0.3 is 5.32 Å². The van der Waals surface area contributed by atoms with Crippen LogP contribution in [0, 0.1) is 6.92 Å². The maximum absolute atomic E-state index is 13.1. The zero-order chi connectivity index (χ0) is 21.8. The number of nitrogens with one attached hydrogen (secondary N) is 1. The van der Waals surface area contributed by atoms with Gasteiger partial charge in [-0.15, -0.1) is 0 Å². The second-order valence-corrected chi connectivity index (χ2v) is 10.1. The van der Waals surface area contributed by atoms with Crippen LogP contribution in [0.4, 0.5) is 0 Å². The maximum atomic E-state index is 13.1. The standard InChI is InChI=1S/C25H28N2O3S/c1-19-10-13-23(31(29,30)27-14-6-2-3-7-15-27)17-24(19)25(28)26-18-20-11-12-21-8-4-5-9-22(21)16-20/h4-5,8-13,16-17H,2-3,6-7,14-15,18H2,1H3,(H,26,28). The second-order valence-electron chi connectivity index (χ2n) is 8.16. The van der Waals surface area contributed by atoms with Gasteiger partial charge >= 0.3 is 0 Å². The number of hydrogen-bond acceptors (Lipinski definition) is 3. The molecule has 1 N–H and O–H groups in total. The zero-order valence-corrected chi connectivity index (χ0v) is 18.6. The molecule has 1 aliphatic rings. The first-order valence-corrected chi connectivity index (χ1v) is 12.3. The number of benzene rings is 3. The van der Waals surface area contributed by atoms with E-state index in [0.29, 0.717) is 25.2 Å². The number of sulfonamides is 1. The molecule has 3 aromatic rings. The Hall–Kier alpha value is -2.70. The molecule has 1 fully saturated rings. The van der Waals surface area contributed by atoms with Gasteiger partial charge in [0.15, 0.2) is 0 Å². The number of rotatable bonds is 5. The van der Waals surface area contributed by atoms with Gasteiger partial charge in [0.1, 0.15) is 0 Å². The second kappa shape index (κ2) is 9.20. The molecule has 1 heterocycles. The number of hydrogen-bond donors (Lipinski definition) is 1. The predicted octanol–water partition coefficient (Wildman–Crippen LogP) is 4.64. The summed E-state index contributed by atoms with van der Waals surface area (Å²) >= 11 is 0. The molecule has 0 atom stereocenters. The molecule has 0 aromatic heterocycles. The van der Waals surface area contributed by atoms with E-state index in [4.69, 9.17) is 0 Å². The monoisotopic (exact) mass is 436 g/mol. The van der Waals surface area contributed by atoms with Crippen molar-refractivity contribution in [3.8, 4) is 0 Å². The molecule has 1 saturated heterocycles. The summed E-state index contributed by atoms with van der Waals surface area (Å²) in [6, 6.07) is 19.0. The molecule has 0 spiro atoms. The summed E-state index contributed by atoms with van der Waals surface area (Å²) in [6.45, 7) is 3.29. The Morgan fingerprint density at radius 3 is 2.35 bits per heavy atom. The molecule has 0 unspecified atom stereocenters. The summed E-state index contributed by atoms with van der Waals surface area (Å²) in [4.78, 5) is 13.1. The van der Waals surface area contributed by atoms with E-state index in [-0.39, 0.29) is 10.8 Å². The Balaban J connectivity index is 1.52. The van der Waals surface area contributed by atoms with Crippen LogP contribution in [0.5, 0.6) is 0 Å². The van der Waals surface area contributed by atoms with Gasteiger partial charge in [-0.2, -0.15) is 4.31 Å². The summed E-state index contributed by atoms with van der Waals surface area (Å²) in [6.07, 6.45) is 3.87. The fraction of sp³-hybridized carbons (Fsp3) is 0.320. The van der Waals surface area contributed by atoms with E-state index in [1.54, 1.807) is 16.4 Å². The number of nitrogens with zero attached hydrogens (tertiary/aromatic N) is 1. The molecule has 4 rings (SSSR count). The molecule has 0 bridgehead atoms. The van der Waals surface area contributed by atoms with Gasteiger partial charge in [-0.05, 0) is 59.9 Å². The minimum atomic E-state index is -3.60. The molecule has 5 nitrogen and oxygen atoms in total. The normalized spacial score (nSPS) is 15.5. The van der Waals surface area contributed by atoms with E-state index >= 15 is 0 Å². The predicted molar refractivity (Wildman–Crippen MR) is 124 cm³/mol. The van der Waals surface area contributed by atoms with Crippen LogP contribution in [0.3, 0.4) is 0 Å². The topological polar surface area (TPSA) is 66.5 Å². The third-order valence-corrected chi connectivity index (χ3v) is 7.82. The SMILES string of the molecule is Cc1ccc(S(=O)(=O)N2CCCCCC2)cc1C(=O)NCc1ccc2ccccc2c1. The molecule has 0 radical (unpaired) electrons. The smallest absolute Gasteiger partial charge is 0.251 e. The van der Waals surface area contributed by atoms with Crippen LogP contribution in [0.25, 0.3) is 10.8 Å². The number of fused-ring (bicyclic) bond motifs is 1. The summed E-state index contributed by atoms with van der Waals surface area (Å²) < 4.78 is 27.8. The highest BCUT2D eigenvalue weighted by Gasteiger charge is 2.26. The lowest BCUT2D eigenvalue weighted by Gasteiger charge is -2.20. The Morgan fingerprint density at radius 1 is 0.903 bits per heavy atom. The van der Waals surface area contributed by atoms with Gasteiger partial charge in [-0.1, -0.05) is 55.3 Å². The number of carbonyl (C=O) groups excluding carboxylic acids is 1. The lowest BCUT2D eigenvalue weighted by Crippen LogP contribution is -2.32. The van der Waals surface area contributed by atoms with Crippen molar-refractivity contribution in [1.29, 1.82) is 0 Å². The Labute approximate surface area is 184 Å². The molecular weight excluding hydrogens is 408 g/mol. The summed E-state index contributed by atoms with van der Waals surface area (Å²) in [5.41, 5.74) is 2.15. The first-order chi connectivity index (χ1) is 14.9. The van der Waals surface area contributed by atoms with Crippen molar-refractivity contribution in [3.63, 3.8) is 0 Å². The van der Waals surface area contributed by atoms with Crippen molar-refractivity contribution >= 4 is 26.7 Å². The van der Waals surface area contributed by atoms with Crippen molar-refractivity contribution in [3.05, 3.63) is 77.4 Å². The highest BCUT2D eigenvalue weighted by atomic mass is 32.2. The Kier molecular flexibility index (Phi) is 6.39. The summed E-state index contributed by atoms with van der Waals surface area (Å²) in [5, 5.41) is 5.22. The molecule has 1 amide bonds. The highest BCUT2D eigenvalue weighted by Crippen LogP contribution is 2.23. The van der Waals surface area contributed by atoms with Gasteiger partial charge in [-0.25, -0.2) is 8.42 Å².